The maximum atomic E-state index is 11.9. The summed E-state index contributed by atoms with van der Waals surface area (Å²) in [6, 6.07) is 10.7. The van der Waals surface area contributed by atoms with Gasteiger partial charge in [0.25, 0.3) is 0 Å². The number of aromatic nitrogens is 2. The van der Waals surface area contributed by atoms with E-state index < -0.39 is 0 Å². The van der Waals surface area contributed by atoms with Gasteiger partial charge in [0.1, 0.15) is 0 Å². The van der Waals surface area contributed by atoms with Crippen LogP contribution >= 0.6 is 0 Å². The minimum atomic E-state index is -0.0990. The van der Waals surface area contributed by atoms with Gasteiger partial charge in [0.05, 0.1) is 17.7 Å². The van der Waals surface area contributed by atoms with E-state index in [-0.39, 0.29) is 11.9 Å². The minimum absolute atomic E-state index is 0.00542. The predicted octanol–water partition coefficient (Wildman–Crippen LogP) is 2.34. The van der Waals surface area contributed by atoms with Gasteiger partial charge in [0.2, 0.25) is 5.91 Å². The second-order valence-electron chi connectivity index (χ2n) is 4.28. The molecule has 1 aromatic carbocycles. The number of benzene rings is 1. The van der Waals surface area contributed by atoms with Crippen LogP contribution in [0.1, 0.15) is 24.9 Å². The molecule has 19 heavy (non-hydrogen) atoms. The lowest BCUT2D eigenvalue weighted by Crippen LogP contribution is -2.17. The monoisotopic (exact) mass is 254 g/mol. The molecule has 0 aliphatic carbocycles. The number of carbonyl (C=O) groups is 1. The van der Waals surface area contributed by atoms with Crippen molar-refractivity contribution in [1.29, 1.82) is 5.26 Å². The molecule has 1 atom stereocenters. The molecular weight excluding hydrogens is 240 g/mol. The average Bonchev–Trinajstić information content (AvgIpc) is 2.92. The molecule has 1 N–H and O–H groups in total. The first-order chi connectivity index (χ1) is 9.19. The molecule has 96 valence electrons. The van der Waals surface area contributed by atoms with E-state index in [1.54, 1.807) is 35.1 Å². The summed E-state index contributed by atoms with van der Waals surface area (Å²) >= 11 is 0. The molecule has 0 spiro atoms. The fourth-order valence-corrected chi connectivity index (χ4v) is 1.78. The van der Waals surface area contributed by atoms with Crippen LogP contribution in [0.25, 0.3) is 0 Å². The van der Waals surface area contributed by atoms with Gasteiger partial charge < -0.3 is 5.32 Å². The lowest BCUT2D eigenvalue weighted by Gasteiger charge is -2.12. The third kappa shape index (κ3) is 3.42. The quantitative estimate of drug-likeness (QED) is 0.910. The van der Waals surface area contributed by atoms with Crippen LogP contribution in [-0.2, 0) is 4.79 Å². The van der Waals surface area contributed by atoms with E-state index in [1.807, 2.05) is 25.3 Å². The average molecular weight is 254 g/mol. The Morgan fingerprint density at radius 2 is 2.37 bits per heavy atom. The second kappa shape index (κ2) is 5.83. The highest BCUT2D eigenvalue weighted by Gasteiger charge is 2.11. The normalized spacial score (nSPS) is 11.6. The SMILES string of the molecule is C[C@H](CC(=O)Nc1cccc(C#N)c1)n1cccn1. The number of hydrogen-bond donors (Lipinski definition) is 1. The van der Waals surface area contributed by atoms with Gasteiger partial charge in [-0.2, -0.15) is 10.4 Å². The summed E-state index contributed by atoms with van der Waals surface area (Å²) in [7, 11) is 0. The van der Waals surface area contributed by atoms with Gasteiger partial charge in [-0.1, -0.05) is 6.07 Å². The molecule has 2 aromatic rings. The van der Waals surface area contributed by atoms with E-state index in [9.17, 15) is 4.79 Å². The van der Waals surface area contributed by atoms with Gasteiger partial charge in [-0.25, -0.2) is 0 Å². The summed E-state index contributed by atoms with van der Waals surface area (Å²) in [6.07, 6.45) is 3.84. The zero-order valence-electron chi connectivity index (χ0n) is 10.6. The Morgan fingerprint density at radius 1 is 1.53 bits per heavy atom. The number of nitrogens with zero attached hydrogens (tertiary/aromatic N) is 3. The van der Waals surface area contributed by atoms with Crippen molar-refractivity contribution in [2.24, 2.45) is 0 Å². The van der Waals surface area contributed by atoms with Crippen LogP contribution in [0.4, 0.5) is 5.69 Å². The summed E-state index contributed by atoms with van der Waals surface area (Å²) in [4.78, 5) is 11.9. The molecule has 0 unspecified atom stereocenters. The number of amides is 1. The smallest absolute Gasteiger partial charge is 0.226 e. The third-order valence-corrected chi connectivity index (χ3v) is 2.73. The van der Waals surface area contributed by atoms with Crippen LogP contribution in [0.5, 0.6) is 0 Å². The van der Waals surface area contributed by atoms with Crippen molar-refractivity contribution < 1.29 is 4.79 Å². The molecule has 1 aromatic heterocycles. The molecular formula is C14H14N4O. The Balaban J connectivity index is 1.96. The molecule has 1 heterocycles. The number of anilines is 1. The molecule has 0 radical (unpaired) electrons. The van der Waals surface area contributed by atoms with E-state index in [4.69, 9.17) is 5.26 Å². The molecule has 2 rings (SSSR count). The Bertz CT molecular complexity index is 598. The van der Waals surface area contributed by atoms with E-state index in [0.29, 0.717) is 17.7 Å². The van der Waals surface area contributed by atoms with Crippen molar-refractivity contribution >= 4 is 11.6 Å². The van der Waals surface area contributed by atoms with E-state index in [2.05, 4.69) is 10.4 Å². The van der Waals surface area contributed by atoms with Crippen molar-refractivity contribution in [2.45, 2.75) is 19.4 Å². The summed E-state index contributed by atoms with van der Waals surface area (Å²) < 4.78 is 1.74. The van der Waals surface area contributed by atoms with Crippen LogP contribution in [0.15, 0.2) is 42.7 Å². The van der Waals surface area contributed by atoms with Gasteiger partial charge in [-0.3, -0.25) is 9.48 Å². The summed E-state index contributed by atoms with van der Waals surface area (Å²) in [5.41, 5.74) is 1.16. The summed E-state index contributed by atoms with van der Waals surface area (Å²) in [5.74, 6) is -0.0990. The Kier molecular flexibility index (Phi) is 3.94. The molecule has 0 fully saturated rings. The first-order valence-electron chi connectivity index (χ1n) is 5.98. The molecule has 5 nitrogen and oxygen atoms in total. The second-order valence-corrected chi connectivity index (χ2v) is 4.28. The summed E-state index contributed by atoms with van der Waals surface area (Å²) in [5, 5.41) is 15.7. The van der Waals surface area contributed by atoms with Crippen molar-refractivity contribution in [3.63, 3.8) is 0 Å². The van der Waals surface area contributed by atoms with E-state index in [0.717, 1.165) is 0 Å². The van der Waals surface area contributed by atoms with Gasteiger partial charge in [-0.15, -0.1) is 0 Å². The van der Waals surface area contributed by atoms with Crippen molar-refractivity contribution in [3.8, 4) is 6.07 Å². The fourth-order valence-electron chi connectivity index (χ4n) is 1.78. The van der Waals surface area contributed by atoms with Crippen molar-refractivity contribution in [2.75, 3.05) is 5.32 Å². The highest BCUT2D eigenvalue weighted by Crippen LogP contribution is 2.13. The van der Waals surface area contributed by atoms with Crippen molar-refractivity contribution in [1.82, 2.24) is 9.78 Å². The Labute approximate surface area is 111 Å². The maximum Gasteiger partial charge on any atom is 0.226 e. The molecule has 5 heteroatoms. The molecule has 0 aliphatic rings. The topological polar surface area (TPSA) is 70.7 Å². The highest BCUT2D eigenvalue weighted by atomic mass is 16.1. The maximum absolute atomic E-state index is 11.9. The Morgan fingerprint density at radius 3 is 3.05 bits per heavy atom. The lowest BCUT2D eigenvalue weighted by molar-refractivity contribution is -0.116. The number of carbonyl (C=O) groups excluding carboxylic acids is 1. The van der Waals surface area contributed by atoms with E-state index in [1.165, 1.54) is 0 Å². The van der Waals surface area contributed by atoms with Gasteiger partial charge in [0.15, 0.2) is 0 Å². The molecule has 0 aliphatic heterocycles. The molecule has 0 bridgehead atoms. The first-order valence-corrected chi connectivity index (χ1v) is 5.98. The zero-order chi connectivity index (χ0) is 13.7. The molecule has 0 saturated heterocycles. The summed E-state index contributed by atoms with van der Waals surface area (Å²) in [6.45, 7) is 1.93. The lowest BCUT2D eigenvalue weighted by atomic mass is 10.2. The fraction of sp³-hybridized carbons (Fsp3) is 0.214. The van der Waals surface area contributed by atoms with Gasteiger partial charge in [0, 0.05) is 24.5 Å². The predicted molar refractivity (Wildman–Crippen MR) is 71.3 cm³/mol. The highest BCUT2D eigenvalue weighted by molar-refractivity contribution is 5.91. The van der Waals surface area contributed by atoms with Crippen LogP contribution in [0.2, 0.25) is 0 Å². The standard InChI is InChI=1S/C14H14N4O/c1-11(18-7-3-6-16-18)8-14(19)17-13-5-2-4-12(9-13)10-15/h2-7,9,11H,8H2,1H3,(H,17,19)/t11-/m1/s1. The number of hydrogen-bond acceptors (Lipinski definition) is 3. The molecule has 0 saturated carbocycles. The number of rotatable bonds is 4. The number of nitriles is 1. The molecule has 1 amide bonds. The third-order valence-electron chi connectivity index (χ3n) is 2.73. The van der Waals surface area contributed by atoms with Crippen LogP contribution in [-0.4, -0.2) is 15.7 Å². The Hall–Kier alpha value is -2.61. The zero-order valence-corrected chi connectivity index (χ0v) is 10.6. The van der Waals surface area contributed by atoms with Crippen molar-refractivity contribution in [3.05, 3.63) is 48.3 Å². The largest absolute Gasteiger partial charge is 0.326 e. The van der Waals surface area contributed by atoms with Crippen LogP contribution in [0, 0.1) is 11.3 Å². The number of nitrogens with one attached hydrogen (secondary N) is 1. The first kappa shape index (κ1) is 12.8. The van der Waals surface area contributed by atoms with Gasteiger partial charge in [-0.05, 0) is 31.2 Å². The van der Waals surface area contributed by atoms with Crippen LogP contribution < -0.4 is 5.32 Å². The minimum Gasteiger partial charge on any atom is -0.326 e. The van der Waals surface area contributed by atoms with Gasteiger partial charge >= 0.3 is 0 Å². The van der Waals surface area contributed by atoms with Crippen LogP contribution in [0.3, 0.4) is 0 Å². The van der Waals surface area contributed by atoms with E-state index >= 15 is 0 Å².